The van der Waals surface area contributed by atoms with Crippen LogP contribution in [0.15, 0.2) is 71.3 Å². The van der Waals surface area contributed by atoms with Crippen LogP contribution in [0.25, 0.3) is 0 Å². The molecular formula is C21H17FN2O5. The summed E-state index contributed by atoms with van der Waals surface area (Å²) >= 11 is 0. The average Bonchev–Trinajstić information content (AvgIpc) is 3.24. The summed E-state index contributed by atoms with van der Waals surface area (Å²) in [7, 11) is 0. The number of para-hydroxylation sites is 1. The summed E-state index contributed by atoms with van der Waals surface area (Å²) in [4.78, 5) is 36.4. The van der Waals surface area contributed by atoms with E-state index in [1.165, 1.54) is 24.5 Å². The van der Waals surface area contributed by atoms with E-state index in [-0.39, 0.29) is 23.4 Å². The van der Waals surface area contributed by atoms with Crippen LogP contribution in [0.4, 0.5) is 10.1 Å². The van der Waals surface area contributed by atoms with E-state index in [0.29, 0.717) is 5.76 Å². The van der Waals surface area contributed by atoms with Gasteiger partial charge in [0.25, 0.3) is 11.8 Å². The minimum Gasteiger partial charge on any atom is -0.467 e. The number of benzene rings is 2. The van der Waals surface area contributed by atoms with Gasteiger partial charge in [0.2, 0.25) is 0 Å². The van der Waals surface area contributed by atoms with Crippen LogP contribution in [0, 0.1) is 5.82 Å². The zero-order valence-electron chi connectivity index (χ0n) is 15.2. The molecule has 2 amide bonds. The highest BCUT2D eigenvalue weighted by Crippen LogP contribution is 2.15. The molecule has 3 aromatic rings. The fourth-order valence-electron chi connectivity index (χ4n) is 2.48. The van der Waals surface area contributed by atoms with Gasteiger partial charge >= 0.3 is 5.97 Å². The fourth-order valence-corrected chi connectivity index (χ4v) is 2.48. The van der Waals surface area contributed by atoms with Crippen molar-refractivity contribution < 1.29 is 27.9 Å². The van der Waals surface area contributed by atoms with E-state index in [9.17, 15) is 18.8 Å². The van der Waals surface area contributed by atoms with Crippen LogP contribution in [0.2, 0.25) is 0 Å². The van der Waals surface area contributed by atoms with E-state index in [1.54, 1.807) is 36.4 Å². The minimum absolute atomic E-state index is 0.00416. The number of halogens is 1. The number of carbonyl (C=O) groups is 3. The number of hydrogen-bond donors (Lipinski definition) is 2. The Balaban J connectivity index is 1.57. The molecule has 0 bridgehead atoms. The highest BCUT2D eigenvalue weighted by atomic mass is 19.1. The quantitative estimate of drug-likeness (QED) is 0.598. The smallest absolute Gasteiger partial charge is 0.338 e. The van der Waals surface area contributed by atoms with Crippen LogP contribution in [-0.2, 0) is 16.1 Å². The summed E-state index contributed by atoms with van der Waals surface area (Å²) in [5, 5.41) is 5.22. The first-order valence-corrected chi connectivity index (χ1v) is 8.65. The first-order valence-electron chi connectivity index (χ1n) is 8.65. The van der Waals surface area contributed by atoms with Gasteiger partial charge in [-0.2, -0.15) is 0 Å². The van der Waals surface area contributed by atoms with Gasteiger partial charge in [-0.3, -0.25) is 9.59 Å². The number of hydrogen-bond acceptors (Lipinski definition) is 5. The topological polar surface area (TPSA) is 97.6 Å². The molecule has 0 saturated carbocycles. The van der Waals surface area contributed by atoms with Gasteiger partial charge in [-0.05, 0) is 42.5 Å². The van der Waals surface area contributed by atoms with Crippen molar-refractivity contribution >= 4 is 23.5 Å². The maximum Gasteiger partial charge on any atom is 0.338 e. The first kappa shape index (κ1) is 19.8. The molecule has 0 aliphatic carbocycles. The Hall–Kier alpha value is -3.94. The summed E-state index contributed by atoms with van der Waals surface area (Å²) < 4.78 is 23.2. The van der Waals surface area contributed by atoms with E-state index < -0.39 is 30.2 Å². The predicted octanol–water partition coefficient (Wildman–Crippen LogP) is 3.14. The molecule has 1 aromatic heterocycles. The molecule has 0 saturated heterocycles. The third kappa shape index (κ3) is 5.52. The second kappa shape index (κ2) is 9.32. The molecule has 0 spiro atoms. The summed E-state index contributed by atoms with van der Waals surface area (Å²) in [6, 6.07) is 14.8. The molecular weight excluding hydrogens is 379 g/mol. The summed E-state index contributed by atoms with van der Waals surface area (Å²) in [6.45, 7) is -0.392. The largest absolute Gasteiger partial charge is 0.467 e. The Morgan fingerprint density at radius 2 is 1.83 bits per heavy atom. The van der Waals surface area contributed by atoms with E-state index in [1.807, 2.05) is 0 Å². The number of esters is 1. The van der Waals surface area contributed by atoms with E-state index in [0.717, 1.165) is 6.07 Å². The van der Waals surface area contributed by atoms with Crippen LogP contribution in [-0.4, -0.2) is 24.4 Å². The van der Waals surface area contributed by atoms with Gasteiger partial charge in [0.1, 0.15) is 11.6 Å². The van der Waals surface area contributed by atoms with Gasteiger partial charge in [0.15, 0.2) is 6.61 Å². The molecule has 3 rings (SSSR count). The Bertz CT molecular complexity index is 1020. The van der Waals surface area contributed by atoms with Gasteiger partial charge < -0.3 is 19.8 Å². The summed E-state index contributed by atoms with van der Waals surface area (Å²) in [6.07, 6.45) is 1.50. The predicted molar refractivity (Wildman–Crippen MR) is 102 cm³/mol. The maximum absolute atomic E-state index is 13.2. The van der Waals surface area contributed by atoms with Crippen molar-refractivity contribution in [2.24, 2.45) is 0 Å². The molecule has 29 heavy (non-hydrogen) atoms. The monoisotopic (exact) mass is 396 g/mol. The van der Waals surface area contributed by atoms with Gasteiger partial charge in [-0.25, -0.2) is 9.18 Å². The number of anilines is 1. The highest BCUT2D eigenvalue weighted by molar-refractivity contribution is 6.04. The van der Waals surface area contributed by atoms with E-state index in [4.69, 9.17) is 9.15 Å². The number of furan rings is 1. The number of ether oxygens (including phenoxy) is 1. The van der Waals surface area contributed by atoms with Crippen LogP contribution in [0.3, 0.4) is 0 Å². The van der Waals surface area contributed by atoms with Crippen LogP contribution < -0.4 is 10.6 Å². The van der Waals surface area contributed by atoms with Crippen molar-refractivity contribution in [3.8, 4) is 0 Å². The molecule has 0 aliphatic heterocycles. The molecule has 7 nitrogen and oxygen atoms in total. The number of nitrogens with one attached hydrogen (secondary N) is 2. The lowest BCUT2D eigenvalue weighted by Gasteiger charge is -2.11. The van der Waals surface area contributed by atoms with Gasteiger partial charge in [0.05, 0.1) is 29.6 Å². The molecule has 8 heteroatoms. The molecule has 148 valence electrons. The number of rotatable bonds is 7. The van der Waals surface area contributed by atoms with Crippen molar-refractivity contribution in [1.29, 1.82) is 0 Å². The molecule has 2 aromatic carbocycles. The van der Waals surface area contributed by atoms with E-state index >= 15 is 0 Å². The SMILES string of the molecule is O=C(COC(=O)c1cccc(F)c1)Nc1ccccc1C(=O)NCc1ccco1. The summed E-state index contributed by atoms with van der Waals surface area (Å²) in [5.74, 6) is -1.87. The van der Waals surface area contributed by atoms with E-state index in [2.05, 4.69) is 10.6 Å². The highest BCUT2D eigenvalue weighted by Gasteiger charge is 2.15. The Morgan fingerprint density at radius 3 is 2.59 bits per heavy atom. The third-order valence-corrected chi connectivity index (χ3v) is 3.84. The molecule has 2 N–H and O–H groups in total. The molecule has 0 atom stereocenters. The van der Waals surface area contributed by atoms with Crippen molar-refractivity contribution in [2.75, 3.05) is 11.9 Å². The number of carbonyl (C=O) groups excluding carboxylic acids is 3. The lowest BCUT2D eigenvalue weighted by Crippen LogP contribution is -2.26. The normalized spacial score (nSPS) is 10.2. The van der Waals surface area contributed by atoms with Crippen LogP contribution in [0.1, 0.15) is 26.5 Å². The van der Waals surface area contributed by atoms with Crippen LogP contribution in [0.5, 0.6) is 0 Å². The third-order valence-electron chi connectivity index (χ3n) is 3.84. The summed E-state index contributed by atoms with van der Waals surface area (Å²) in [5.41, 5.74) is 0.496. The molecule has 0 radical (unpaired) electrons. The molecule has 0 unspecified atom stereocenters. The Labute approximate surface area is 165 Å². The van der Waals surface area contributed by atoms with Crippen molar-refractivity contribution in [2.45, 2.75) is 6.54 Å². The second-order valence-electron chi connectivity index (χ2n) is 5.94. The van der Waals surface area contributed by atoms with Crippen LogP contribution >= 0.6 is 0 Å². The van der Waals surface area contributed by atoms with Gasteiger partial charge in [0, 0.05) is 0 Å². The Kier molecular flexibility index (Phi) is 6.36. The van der Waals surface area contributed by atoms with Crippen molar-refractivity contribution in [1.82, 2.24) is 5.32 Å². The molecule has 0 fully saturated rings. The Morgan fingerprint density at radius 1 is 1.00 bits per heavy atom. The fraction of sp³-hybridized carbons (Fsp3) is 0.0952. The minimum atomic E-state index is -0.830. The standard InChI is InChI=1S/C21H17FN2O5/c22-15-6-3-5-14(11-15)21(27)29-13-19(25)24-18-9-2-1-8-17(18)20(26)23-12-16-7-4-10-28-16/h1-11H,12-13H2,(H,23,26)(H,24,25). The zero-order chi connectivity index (χ0) is 20.6. The second-order valence-corrected chi connectivity index (χ2v) is 5.94. The lowest BCUT2D eigenvalue weighted by molar-refractivity contribution is -0.119. The maximum atomic E-state index is 13.2. The number of amides is 2. The lowest BCUT2D eigenvalue weighted by atomic mass is 10.1. The first-order chi connectivity index (χ1) is 14.0. The molecule has 1 heterocycles. The molecule has 0 aliphatic rings. The van der Waals surface area contributed by atoms with Crippen molar-refractivity contribution in [3.05, 3.63) is 89.6 Å². The average molecular weight is 396 g/mol. The zero-order valence-corrected chi connectivity index (χ0v) is 15.2. The van der Waals surface area contributed by atoms with Gasteiger partial charge in [-0.1, -0.05) is 18.2 Å². The van der Waals surface area contributed by atoms with Crippen molar-refractivity contribution in [3.63, 3.8) is 0 Å². The van der Waals surface area contributed by atoms with Gasteiger partial charge in [-0.15, -0.1) is 0 Å².